The summed E-state index contributed by atoms with van der Waals surface area (Å²) in [4.78, 5) is 0. The van der Waals surface area contributed by atoms with Gasteiger partial charge < -0.3 is 14.5 Å². The van der Waals surface area contributed by atoms with Crippen LogP contribution in [0.2, 0.25) is 0 Å². The van der Waals surface area contributed by atoms with E-state index in [9.17, 15) is 0 Å². The van der Waals surface area contributed by atoms with E-state index in [4.69, 9.17) is 9.15 Å². The number of nitrogens with one attached hydrogen (secondary N) is 1. The van der Waals surface area contributed by atoms with Crippen LogP contribution in [0, 0.1) is 0 Å². The maximum atomic E-state index is 5.81. The van der Waals surface area contributed by atoms with Gasteiger partial charge in [-0.05, 0) is 31.5 Å². The van der Waals surface area contributed by atoms with E-state index < -0.39 is 0 Å². The van der Waals surface area contributed by atoms with Crippen LogP contribution in [0.1, 0.15) is 44.4 Å². The Morgan fingerprint density at radius 1 is 1.50 bits per heavy atom. The van der Waals surface area contributed by atoms with Crippen molar-refractivity contribution in [2.75, 3.05) is 13.7 Å². The van der Waals surface area contributed by atoms with E-state index in [1.54, 1.807) is 6.26 Å². The molecule has 0 aromatic carbocycles. The molecule has 1 aliphatic rings. The van der Waals surface area contributed by atoms with Crippen molar-refractivity contribution in [3.63, 3.8) is 0 Å². The Kier molecular flexibility index (Phi) is 3.66. The standard InChI is InChI=1S/C13H21NO2/c1-3-14-12(11-7-6-10-16-11)13(15-2)8-4-5-9-13/h6-7,10,12,14H,3-5,8-9H2,1-2H3. The summed E-state index contributed by atoms with van der Waals surface area (Å²) in [6.45, 7) is 3.05. The monoisotopic (exact) mass is 223 g/mol. The van der Waals surface area contributed by atoms with Crippen molar-refractivity contribution >= 4 is 0 Å². The van der Waals surface area contributed by atoms with E-state index in [0.717, 1.165) is 25.1 Å². The van der Waals surface area contributed by atoms with Crippen molar-refractivity contribution in [3.05, 3.63) is 24.2 Å². The summed E-state index contributed by atoms with van der Waals surface area (Å²) in [5, 5.41) is 3.50. The normalized spacial score (nSPS) is 21.1. The van der Waals surface area contributed by atoms with Gasteiger partial charge >= 0.3 is 0 Å². The summed E-state index contributed by atoms with van der Waals surface area (Å²) in [6.07, 6.45) is 6.45. The highest BCUT2D eigenvalue weighted by molar-refractivity contribution is 5.12. The number of methoxy groups -OCH3 is 1. The topological polar surface area (TPSA) is 34.4 Å². The molecule has 1 aromatic heterocycles. The molecule has 90 valence electrons. The van der Waals surface area contributed by atoms with Crippen LogP contribution in [-0.4, -0.2) is 19.3 Å². The number of hydrogen-bond acceptors (Lipinski definition) is 3. The minimum atomic E-state index is -0.0755. The number of likely N-dealkylation sites (N-methyl/N-ethyl adjacent to an activating group) is 1. The zero-order chi connectivity index (χ0) is 11.4. The second kappa shape index (κ2) is 5.02. The average molecular weight is 223 g/mol. The van der Waals surface area contributed by atoms with Crippen LogP contribution in [0.4, 0.5) is 0 Å². The largest absolute Gasteiger partial charge is 0.468 e. The fraction of sp³-hybridized carbons (Fsp3) is 0.692. The first-order valence-electron chi connectivity index (χ1n) is 6.14. The Labute approximate surface area is 97.2 Å². The molecule has 0 bridgehead atoms. The van der Waals surface area contributed by atoms with Gasteiger partial charge in [-0.15, -0.1) is 0 Å². The molecular weight excluding hydrogens is 202 g/mol. The molecule has 1 fully saturated rings. The third-order valence-electron chi connectivity index (χ3n) is 3.62. The predicted octanol–water partition coefficient (Wildman–Crippen LogP) is 2.89. The quantitative estimate of drug-likeness (QED) is 0.833. The molecular formula is C13H21NO2. The lowest BCUT2D eigenvalue weighted by molar-refractivity contribution is -0.0416. The van der Waals surface area contributed by atoms with Crippen LogP contribution in [0.15, 0.2) is 22.8 Å². The van der Waals surface area contributed by atoms with E-state index >= 15 is 0 Å². The fourth-order valence-corrected chi connectivity index (χ4v) is 2.79. The molecule has 1 unspecified atom stereocenters. The van der Waals surface area contributed by atoms with E-state index in [1.165, 1.54) is 12.8 Å². The van der Waals surface area contributed by atoms with Crippen LogP contribution in [0.5, 0.6) is 0 Å². The van der Waals surface area contributed by atoms with Gasteiger partial charge in [-0.2, -0.15) is 0 Å². The number of hydrogen-bond donors (Lipinski definition) is 1. The van der Waals surface area contributed by atoms with Gasteiger partial charge in [0.05, 0.1) is 17.9 Å². The zero-order valence-corrected chi connectivity index (χ0v) is 10.2. The van der Waals surface area contributed by atoms with Crippen molar-refractivity contribution < 1.29 is 9.15 Å². The fourth-order valence-electron chi connectivity index (χ4n) is 2.79. The van der Waals surface area contributed by atoms with E-state index in [-0.39, 0.29) is 11.6 Å². The third-order valence-corrected chi connectivity index (χ3v) is 3.62. The lowest BCUT2D eigenvalue weighted by atomic mass is 9.90. The second-order valence-electron chi connectivity index (χ2n) is 4.48. The Balaban J connectivity index is 2.23. The van der Waals surface area contributed by atoms with Crippen LogP contribution in [0.3, 0.4) is 0 Å². The zero-order valence-electron chi connectivity index (χ0n) is 10.2. The average Bonchev–Trinajstić information content (AvgIpc) is 2.98. The molecule has 1 aromatic rings. The molecule has 3 heteroatoms. The highest BCUT2D eigenvalue weighted by Gasteiger charge is 2.43. The van der Waals surface area contributed by atoms with Crippen molar-refractivity contribution in [2.45, 2.75) is 44.2 Å². The molecule has 0 spiro atoms. The van der Waals surface area contributed by atoms with Gasteiger partial charge in [0, 0.05) is 7.11 Å². The van der Waals surface area contributed by atoms with Gasteiger partial charge in [0.1, 0.15) is 5.76 Å². The highest BCUT2D eigenvalue weighted by atomic mass is 16.5. The van der Waals surface area contributed by atoms with Crippen molar-refractivity contribution in [3.8, 4) is 0 Å². The smallest absolute Gasteiger partial charge is 0.123 e. The molecule has 0 radical (unpaired) electrons. The Morgan fingerprint density at radius 2 is 2.25 bits per heavy atom. The first-order valence-corrected chi connectivity index (χ1v) is 6.14. The maximum Gasteiger partial charge on any atom is 0.123 e. The van der Waals surface area contributed by atoms with Gasteiger partial charge in [-0.3, -0.25) is 0 Å². The second-order valence-corrected chi connectivity index (χ2v) is 4.48. The number of furan rings is 1. The van der Waals surface area contributed by atoms with Gasteiger partial charge in [-0.1, -0.05) is 19.8 Å². The van der Waals surface area contributed by atoms with Gasteiger partial charge in [0.25, 0.3) is 0 Å². The van der Waals surface area contributed by atoms with Crippen LogP contribution in [0.25, 0.3) is 0 Å². The summed E-state index contributed by atoms with van der Waals surface area (Å²) in [7, 11) is 1.82. The van der Waals surface area contributed by atoms with E-state index in [0.29, 0.717) is 0 Å². The lowest BCUT2D eigenvalue weighted by Crippen LogP contribution is -2.43. The lowest BCUT2D eigenvalue weighted by Gasteiger charge is -2.35. The van der Waals surface area contributed by atoms with Crippen LogP contribution < -0.4 is 5.32 Å². The third kappa shape index (κ3) is 2.02. The van der Waals surface area contributed by atoms with Crippen LogP contribution in [-0.2, 0) is 4.74 Å². The number of rotatable bonds is 5. The van der Waals surface area contributed by atoms with Gasteiger partial charge in [0.15, 0.2) is 0 Å². The summed E-state index contributed by atoms with van der Waals surface area (Å²) < 4.78 is 11.4. The Bertz CT molecular complexity index is 302. The minimum Gasteiger partial charge on any atom is -0.468 e. The van der Waals surface area contributed by atoms with E-state index in [1.807, 2.05) is 19.2 Å². The SMILES string of the molecule is CCNC(c1ccco1)C1(OC)CCCC1. The summed E-state index contributed by atoms with van der Waals surface area (Å²) in [6, 6.07) is 4.16. The number of ether oxygens (including phenoxy) is 1. The molecule has 1 atom stereocenters. The van der Waals surface area contributed by atoms with Crippen molar-refractivity contribution in [1.29, 1.82) is 0 Å². The van der Waals surface area contributed by atoms with Crippen molar-refractivity contribution in [1.82, 2.24) is 5.32 Å². The highest BCUT2D eigenvalue weighted by Crippen LogP contribution is 2.42. The van der Waals surface area contributed by atoms with E-state index in [2.05, 4.69) is 12.2 Å². The predicted molar refractivity (Wildman–Crippen MR) is 63.3 cm³/mol. The molecule has 1 aliphatic carbocycles. The molecule has 3 nitrogen and oxygen atoms in total. The first-order chi connectivity index (χ1) is 7.82. The first kappa shape index (κ1) is 11.7. The molecule has 0 amide bonds. The molecule has 16 heavy (non-hydrogen) atoms. The summed E-state index contributed by atoms with van der Waals surface area (Å²) in [5.41, 5.74) is -0.0755. The van der Waals surface area contributed by atoms with Gasteiger partial charge in [0.2, 0.25) is 0 Å². The Morgan fingerprint density at radius 3 is 2.75 bits per heavy atom. The van der Waals surface area contributed by atoms with Crippen LogP contribution >= 0.6 is 0 Å². The molecule has 1 heterocycles. The molecule has 1 saturated carbocycles. The minimum absolute atomic E-state index is 0.0755. The summed E-state index contributed by atoms with van der Waals surface area (Å²) in [5.74, 6) is 0.991. The molecule has 1 N–H and O–H groups in total. The van der Waals surface area contributed by atoms with Gasteiger partial charge in [-0.25, -0.2) is 0 Å². The summed E-state index contributed by atoms with van der Waals surface area (Å²) >= 11 is 0. The Hall–Kier alpha value is -0.800. The molecule has 2 rings (SSSR count). The maximum absolute atomic E-state index is 5.81. The van der Waals surface area contributed by atoms with Crippen molar-refractivity contribution in [2.24, 2.45) is 0 Å². The molecule has 0 saturated heterocycles. The molecule has 0 aliphatic heterocycles.